The second kappa shape index (κ2) is 6.51. The number of benzene rings is 2. The van der Waals surface area contributed by atoms with E-state index in [2.05, 4.69) is 22.4 Å². The number of nitrogens with one attached hydrogen (secondary N) is 1. The van der Waals surface area contributed by atoms with E-state index in [0.717, 1.165) is 19.3 Å². The van der Waals surface area contributed by atoms with Gasteiger partial charge in [-0.2, -0.15) is 0 Å². The standard InChI is InChI=1S/C20H19N3O2/c24-19(22-18-11-5-7-14-6-1-2-8-15(14)18)12-23-13-21-17-10-4-3-9-16(17)20(23)25/h1-4,6,8-10,13,18H,5,7,11-12H2,(H,22,24)/t18-/m1/s1. The van der Waals surface area contributed by atoms with Crippen LogP contribution in [0.5, 0.6) is 0 Å². The van der Waals surface area contributed by atoms with Crippen LogP contribution < -0.4 is 10.9 Å². The molecule has 0 saturated heterocycles. The van der Waals surface area contributed by atoms with Gasteiger partial charge in [-0.05, 0) is 42.5 Å². The molecule has 1 N–H and O–H groups in total. The fourth-order valence-electron chi connectivity index (χ4n) is 3.52. The summed E-state index contributed by atoms with van der Waals surface area (Å²) in [5.74, 6) is -0.166. The quantitative estimate of drug-likeness (QED) is 0.801. The second-order valence-corrected chi connectivity index (χ2v) is 6.41. The first-order chi connectivity index (χ1) is 12.2. The molecule has 1 aliphatic carbocycles. The SMILES string of the molecule is O=C(Cn1cnc2ccccc2c1=O)N[C@@H]1CCCc2ccccc21. The summed E-state index contributed by atoms with van der Waals surface area (Å²) in [4.78, 5) is 29.2. The third-order valence-corrected chi connectivity index (χ3v) is 4.75. The van der Waals surface area contributed by atoms with Crippen molar-refractivity contribution in [1.29, 1.82) is 0 Å². The van der Waals surface area contributed by atoms with Crippen molar-refractivity contribution >= 4 is 16.8 Å². The van der Waals surface area contributed by atoms with Crippen LogP contribution in [0.3, 0.4) is 0 Å². The highest BCUT2D eigenvalue weighted by Crippen LogP contribution is 2.29. The normalized spacial score (nSPS) is 16.4. The molecule has 5 nitrogen and oxygen atoms in total. The number of hydrogen-bond donors (Lipinski definition) is 1. The average molecular weight is 333 g/mol. The van der Waals surface area contributed by atoms with E-state index in [9.17, 15) is 9.59 Å². The summed E-state index contributed by atoms with van der Waals surface area (Å²) in [6.07, 6.45) is 4.47. The number of carbonyl (C=O) groups excluding carboxylic acids is 1. The third-order valence-electron chi connectivity index (χ3n) is 4.75. The van der Waals surface area contributed by atoms with Crippen molar-refractivity contribution in [2.75, 3.05) is 0 Å². The Morgan fingerprint density at radius 2 is 1.96 bits per heavy atom. The summed E-state index contributed by atoms with van der Waals surface area (Å²) in [6.45, 7) is -0.0185. The first-order valence-corrected chi connectivity index (χ1v) is 8.54. The van der Waals surface area contributed by atoms with Crippen LogP contribution in [0.2, 0.25) is 0 Å². The van der Waals surface area contributed by atoms with E-state index in [4.69, 9.17) is 0 Å². The highest BCUT2D eigenvalue weighted by Gasteiger charge is 2.21. The molecule has 3 aromatic rings. The van der Waals surface area contributed by atoms with Gasteiger partial charge in [0.2, 0.25) is 5.91 Å². The van der Waals surface area contributed by atoms with Crippen LogP contribution >= 0.6 is 0 Å². The summed E-state index contributed by atoms with van der Waals surface area (Å²) >= 11 is 0. The molecule has 0 saturated carbocycles. The Hall–Kier alpha value is -2.95. The summed E-state index contributed by atoms with van der Waals surface area (Å²) in [5.41, 5.74) is 2.94. The first kappa shape index (κ1) is 15.6. The summed E-state index contributed by atoms with van der Waals surface area (Å²) in [5, 5.41) is 3.60. The molecule has 0 fully saturated rings. The van der Waals surface area contributed by atoms with Crippen molar-refractivity contribution in [2.24, 2.45) is 0 Å². The predicted octanol–water partition coefficient (Wildman–Crippen LogP) is 2.59. The summed E-state index contributed by atoms with van der Waals surface area (Å²) in [7, 11) is 0. The number of aryl methyl sites for hydroxylation is 1. The van der Waals surface area contributed by atoms with Crippen LogP contribution in [0.1, 0.15) is 30.0 Å². The molecule has 4 rings (SSSR count). The number of rotatable bonds is 3. The van der Waals surface area contributed by atoms with Crippen molar-refractivity contribution in [3.8, 4) is 0 Å². The van der Waals surface area contributed by atoms with Crippen molar-refractivity contribution in [3.05, 3.63) is 76.3 Å². The van der Waals surface area contributed by atoms with Gasteiger partial charge >= 0.3 is 0 Å². The molecule has 126 valence electrons. The molecule has 1 heterocycles. The Morgan fingerprint density at radius 3 is 2.88 bits per heavy atom. The van der Waals surface area contributed by atoms with Gasteiger partial charge in [0.1, 0.15) is 6.54 Å². The molecule has 1 amide bonds. The van der Waals surface area contributed by atoms with Gasteiger partial charge in [-0.1, -0.05) is 36.4 Å². The van der Waals surface area contributed by atoms with Gasteiger partial charge in [-0.3, -0.25) is 14.2 Å². The molecule has 0 unspecified atom stereocenters. The van der Waals surface area contributed by atoms with Crippen molar-refractivity contribution < 1.29 is 4.79 Å². The first-order valence-electron chi connectivity index (χ1n) is 8.54. The van der Waals surface area contributed by atoms with Crippen LogP contribution in [-0.2, 0) is 17.8 Å². The number of hydrogen-bond acceptors (Lipinski definition) is 3. The zero-order valence-corrected chi connectivity index (χ0v) is 13.8. The number of para-hydroxylation sites is 1. The molecule has 0 spiro atoms. The average Bonchev–Trinajstić information content (AvgIpc) is 2.65. The second-order valence-electron chi connectivity index (χ2n) is 6.41. The molecule has 0 bridgehead atoms. The van der Waals surface area contributed by atoms with Gasteiger partial charge in [-0.15, -0.1) is 0 Å². The number of aromatic nitrogens is 2. The van der Waals surface area contributed by atoms with Gasteiger partial charge in [0.25, 0.3) is 5.56 Å². The smallest absolute Gasteiger partial charge is 0.261 e. The largest absolute Gasteiger partial charge is 0.348 e. The van der Waals surface area contributed by atoms with Crippen LogP contribution in [0.4, 0.5) is 0 Å². The number of nitrogens with zero attached hydrogens (tertiary/aromatic N) is 2. The maximum atomic E-state index is 12.5. The molecule has 0 aliphatic heterocycles. The maximum Gasteiger partial charge on any atom is 0.261 e. The molecule has 5 heteroatoms. The van der Waals surface area contributed by atoms with Crippen molar-refractivity contribution in [1.82, 2.24) is 14.9 Å². The molecule has 1 aromatic heterocycles. The minimum Gasteiger partial charge on any atom is -0.348 e. The fraction of sp³-hybridized carbons (Fsp3) is 0.250. The van der Waals surface area contributed by atoms with E-state index < -0.39 is 0 Å². The topological polar surface area (TPSA) is 64.0 Å². The maximum absolute atomic E-state index is 12.5. The monoisotopic (exact) mass is 333 g/mol. The van der Waals surface area contributed by atoms with E-state index >= 15 is 0 Å². The Bertz CT molecular complexity index is 993. The zero-order chi connectivity index (χ0) is 17.2. The number of amides is 1. The van der Waals surface area contributed by atoms with Crippen LogP contribution in [-0.4, -0.2) is 15.5 Å². The third kappa shape index (κ3) is 3.05. The molecular formula is C20H19N3O2. The molecule has 2 aromatic carbocycles. The molecule has 25 heavy (non-hydrogen) atoms. The van der Waals surface area contributed by atoms with Gasteiger partial charge in [0, 0.05) is 0 Å². The Morgan fingerprint density at radius 1 is 1.16 bits per heavy atom. The van der Waals surface area contributed by atoms with Crippen LogP contribution in [0.15, 0.2) is 59.7 Å². The predicted molar refractivity (Wildman–Crippen MR) is 96.3 cm³/mol. The van der Waals surface area contributed by atoms with Crippen LogP contribution in [0.25, 0.3) is 10.9 Å². The van der Waals surface area contributed by atoms with E-state index in [1.54, 1.807) is 18.2 Å². The van der Waals surface area contributed by atoms with E-state index in [1.165, 1.54) is 22.0 Å². The lowest BCUT2D eigenvalue weighted by Crippen LogP contribution is -2.36. The highest BCUT2D eigenvalue weighted by atomic mass is 16.2. The van der Waals surface area contributed by atoms with Crippen LogP contribution in [0, 0.1) is 0 Å². The van der Waals surface area contributed by atoms with Gasteiger partial charge in [0.05, 0.1) is 23.3 Å². The lowest BCUT2D eigenvalue weighted by atomic mass is 9.88. The highest BCUT2D eigenvalue weighted by molar-refractivity contribution is 5.79. The lowest BCUT2D eigenvalue weighted by molar-refractivity contribution is -0.122. The van der Waals surface area contributed by atoms with E-state index in [-0.39, 0.29) is 24.1 Å². The Labute approximate surface area is 145 Å². The van der Waals surface area contributed by atoms with Gasteiger partial charge in [0.15, 0.2) is 0 Å². The van der Waals surface area contributed by atoms with E-state index in [1.807, 2.05) is 18.2 Å². The van der Waals surface area contributed by atoms with Crippen molar-refractivity contribution in [2.45, 2.75) is 31.8 Å². The summed E-state index contributed by atoms with van der Waals surface area (Å²) in [6, 6.07) is 15.4. The lowest BCUT2D eigenvalue weighted by Gasteiger charge is -2.26. The minimum absolute atomic E-state index is 0.0153. The van der Waals surface area contributed by atoms with E-state index in [0.29, 0.717) is 10.9 Å². The number of fused-ring (bicyclic) bond motifs is 2. The molecule has 1 atom stereocenters. The molecular weight excluding hydrogens is 314 g/mol. The van der Waals surface area contributed by atoms with Gasteiger partial charge in [-0.25, -0.2) is 4.98 Å². The molecule has 1 aliphatic rings. The fourth-order valence-corrected chi connectivity index (χ4v) is 3.52. The van der Waals surface area contributed by atoms with Crippen molar-refractivity contribution in [3.63, 3.8) is 0 Å². The number of carbonyl (C=O) groups is 1. The van der Waals surface area contributed by atoms with Gasteiger partial charge < -0.3 is 5.32 Å². The minimum atomic E-state index is -0.190. The molecule has 0 radical (unpaired) electrons. The summed E-state index contributed by atoms with van der Waals surface area (Å²) < 4.78 is 1.37. The Kier molecular flexibility index (Phi) is 4.06. The zero-order valence-electron chi connectivity index (χ0n) is 13.8. The Balaban J connectivity index is 1.54.